The van der Waals surface area contributed by atoms with Gasteiger partial charge in [-0.1, -0.05) is 37.8 Å². The monoisotopic (exact) mass is 341 g/mol. The van der Waals surface area contributed by atoms with Crippen LogP contribution in [0, 0.1) is 0 Å². The molecular formula is C19H27N3OSi. The van der Waals surface area contributed by atoms with Crippen molar-refractivity contribution >= 4 is 14.1 Å². The van der Waals surface area contributed by atoms with E-state index in [4.69, 9.17) is 4.74 Å². The Labute approximate surface area is 145 Å². The molecule has 0 fully saturated rings. The molecule has 4 nitrogen and oxygen atoms in total. The lowest BCUT2D eigenvalue weighted by molar-refractivity contribution is 0.0580. The molecule has 0 spiro atoms. The van der Waals surface area contributed by atoms with Crippen LogP contribution in [0.2, 0.25) is 25.7 Å². The Bertz CT molecular complexity index is 730. The summed E-state index contributed by atoms with van der Waals surface area (Å²) < 4.78 is 7.95. The summed E-state index contributed by atoms with van der Waals surface area (Å²) in [6.07, 6.45) is 8.12. The highest BCUT2D eigenvalue weighted by molar-refractivity contribution is 6.76. The summed E-state index contributed by atoms with van der Waals surface area (Å²) >= 11 is 0. The third-order valence-electron chi connectivity index (χ3n) is 4.37. The molecule has 0 aliphatic carbocycles. The standard InChI is InChI=1S/C19H27N3OSi/c1-21-14-20-12-19(21)18-7-5-6-16-13-22(9-8-17(16)18)15-23-10-11-24(2,3)4/h5-9,12,14H,10-11,13,15H2,1-4H3. The van der Waals surface area contributed by atoms with Gasteiger partial charge in [0.15, 0.2) is 0 Å². The Morgan fingerprint density at radius 2 is 2.08 bits per heavy atom. The Morgan fingerprint density at radius 3 is 2.79 bits per heavy atom. The molecule has 2 aromatic rings. The molecule has 0 radical (unpaired) electrons. The van der Waals surface area contributed by atoms with Gasteiger partial charge in [0.05, 0.1) is 18.2 Å². The Morgan fingerprint density at radius 1 is 1.25 bits per heavy atom. The van der Waals surface area contributed by atoms with Gasteiger partial charge in [-0.3, -0.25) is 0 Å². The largest absolute Gasteiger partial charge is 0.361 e. The Balaban J connectivity index is 1.67. The van der Waals surface area contributed by atoms with Crippen LogP contribution in [-0.2, 0) is 18.3 Å². The molecule has 0 unspecified atom stereocenters. The first kappa shape index (κ1) is 17.0. The highest BCUT2D eigenvalue weighted by Crippen LogP contribution is 2.30. The molecule has 1 aliphatic rings. The van der Waals surface area contributed by atoms with Gasteiger partial charge < -0.3 is 14.2 Å². The molecule has 1 aromatic carbocycles. The van der Waals surface area contributed by atoms with Crippen molar-refractivity contribution in [2.75, 3.05) is 13.3 Å². The van der Waals surface area contributed by atoms with Crippen LogP contribution in [0.5, 0.6) is 0 Å². The fourth-order valence-electron chi connectivity index (χ4n) is 2.89. The zero-order valence-corrected chi connectivity index (χ0v) is 16.1. The first-order valence-corrected chi connectivity index (χ1v) is 12.2. The molecule has 1 aromatic heterocycles. The number of fused-ring (bicyclic) bond motifs is 1. The number of nitrogens with zero attached hydrogens (tertiary/aromatic N) is 3. The second-order valence-corrected chi connectivity index (χ2v) is 13.3. The van der Waals surface area contributed by atoms with Crippen molar-refractivity contribution in [1.29, 1.82) is 0 Å². The molecule has 24 heavy (non-hydrogen) atoms. The molecule has 0 N–H and O–H groups in total. The van der Waals surface area contributed by atoms with Crippen LogP contribution >= 0.6 is 0 Å². The van der Waals surface area contributed by atoms with E-state index in [-0.39, 0.29) is 0 Å². The fraction of sp³-hybridized carbons (Fsp3) is 0.421. The molecule has 0 amide bonds. The summed E-state index contributed by atoms with van der Waals surface area (Å²) in [5, 5.41) is 0. The average molecular weight is 342 g/mol. The number of aromatic nitrogens is 2. The van der Waals surface area contributed by atoms with Crippen molar-refractivity contribution in [2.24, 2.45) is 7.05 Å². The van der Waals surface area contributed by atoms with Crippen molar-refractivity contribution in [3.8, 4) is 11.3 Å². The van der Waals surface area contributed by atoms with E-state index in [1.165, 1.54) is 22.7 Å². The summed E-state index contributed by atoms with van der Waals surface area (Å²) in [5.41, 5.74) is 5.02. The topological polar surface area (TPSA) is 30.3 Å². The van der Waals surface area contributed by atoms with Gasteiger partial charge in [0, 0.05) is 40.0 Å². The van der Waals surface area contributed by atoms with E-state index >= 15 is 0 Å². The number of benzene rings is 1. The maximum Gasteiger partial charge on any atom is 0.118 e. The van der Waals surface area contributed by atoms with Crippen molar-refractivity contribution in [3.05, 3.63) is 48.1 Å². The fourth-order valence-corrected chi connectivity index (χ4v) is 3.64. The van der Waals surface area contributed by atoms with Crippen LogP contribution in [0.1, 0.15) is 11.1 Å². The van der Waals surface area contributed by atoms with Crippen molar-refractivity contribution in [1.82, 2.24) is 14.5 Å². The zero-order valence-electron chi connectivity index (χ0n) is 15.1. The number of ether oxygens (including phenoxy) is 1. The van der Waals surface area contributed by atoms with E-state index in [1.54, 1.807) is 0 Å². The molecule has 0 bridgehead atoms. The quantitative estimate of drug-likeness (QED) is 0.583. The minimum Gasteiger partial charge on any atom is -0.361 e. The van der Waals surface area contributed by atoms with E-state index in [9.17, 15) is 0 Å². The Hall–Kier alpha value is -1.85. The van der Waals surface area contributed by atoms with Gasteiger partial charge in [0.2, 0.25) is 0 Å². The summed E-state index contributed by atoms with van der Waals surface area (Å²) in [6, 6.07) is 7.71. The maximum absolute atomic E-state index is 5.88. The molecule has 0 saturated carbocycles. The highest BCUT2D eigenvalue weighted by atomic mass is 28.3. The third kappa shape index (κ3) is 3.97. The summed E-state index contributed by atoms with van der Waals surface area (Å²) in [5.74, 6) is 0. The smallest absolute Gasteiger partial charge is 0.118 e. The van der Waals surface area contributed by atoms with Gasteiger partial charge in [0.25, 0.3) is 0 Å². The summed E-state index contributed by atoms with van der Waals surface area (Å²) in [6.45, 7) is 9.57. The van der Waals surface area contributed by atoms with Gasteiger partial charge in [-0.05, 0) is 23.2 Å². The first-order chi connectivity index (χ1) is 11.4. The lowest BCUT2D eigenvalue weighted by atomic mass is 9.96. The number of imidazole rings is 1. The van der Waals surface area contributed by atoms with Crippen LogP contribution in [0.3, 0.4) is 0 Å². The van der Waals surface area contributed by atoms with Gasteiger partial charge >= 0.3 is 0 Å². The van der Waals surface area contributed by atoms with Crippen LogP contribution in [0.15, 0.2) is 36.9 Å². The molecule has 0 saturated heterocycles. The number of aryl methyl sites for hydroxylation is 1. The van der Waals surface area contributed by atoms with Gasteiger partial charge in [-0.2, -0.15) is 0 Å². The van der Waals surface area contributed by atoms with Crippen molar-refractivity contribution < 1.29 is 4.74 Å². The molecule has 5 heteroatoms. The van der Waals surface area contributed by atoms with E-state index in [0.717, 1.165) is 18.8 Å². The highest BCUT2D eigenvalue weighted by Gasteiger charge is 2.16. The molecular weight excluding hydrogens is 314 g/mol. The SMILES string of the molecule is Cn1cncc1-c1cccc2c1C=CN(COCC[Si](C)(C)C)C2. The zero-order chi connectivity index (χ0) is 17.2. The second-order valence-electron chi connectivity index (χ2n) is 7.68. The van der Waals surface area contributed by atoms with E-state index in [2.05, 4.69) is 64.6 Å². The molecule has 0 atom stereocenters. The van der Waals surface area contributed by atoms with Crippen molar-refractivity contribution in [3.63, 3.8) is 0 Å². The first-order valence-electron chi connectivity index (χ1n) is 8.53. The van der Waals surface area contributed by atoms with Crippen LogP contribution in [0.4, 0.5) is 0 Å². The predicted octanol–water partition coefficient (Wildman–Crippen LogP) is 4.19. The van der Waals surface area contributed by atoms with Gasteiger partial charge in [0.1, 0.15) is 6.73 Å². The predicted molar refractivity (Wildman–Crippen MR) is 102 cm³/mol. The van der Waals surface area contributed by atoms with Gasteiger partial charge in [-0.15, -0.1) is 0 Å². The van der Waals surface area contributed by atoms with Crippen LogP contribution in [-0.4, -0.2) is 35.9 Å². The second kappa shape index (κ2) is 6.95. The number of rotatable bonds is 6. The van der Waals surface area contributed by atoms with E-state index < -0.39 is 8.07 Å². The number of hydrogen-bond donors (Lipinski definition) is 0. The molecule has 3 rings (SSSR count). The third-order valence-corrected chi connectivity index (χ3v) is 6.07. The lowest BCUT2D eigenvalue weighted by Crippen LogP contribution is -2.26. The van der Waals surface area contributed by atoms with Crippen LogP contribution < -0.4 is 0 Å². The Kier molecular flexibility index (Phi) is 4.92. The maximum atomic E-state index is 5.88. The lowest BCUT2D eigenvalue weighted by Gasteiger charge is -2.27. The molecule has 128 valence electrons. The molecule has 2 heterocycles. The number of hydrogen-bond acceptors (Lipinski definition) is 3. The normalized spacial score (nSPS) is 14.1. The van der Waals surface area contributed by atoms with Gasteiger partial charge in [-0.25, -0.2) is 4.98 Å². The minimum atomic E-state index is -1.02. The minimum absolute atomic E-state index is 0.663. The van der Waals surface area contributed by atoms with Crippen LogP contribution in [0.25, 0.3) is 17.3 Å². The average Bonchev–Trinajstić information content (AvgIpc) is 2.96. The summed E-state index contributed by atoms with van der Waals surface area (Å²) in [7, 11) is 1.02. The van der Waals surface area contributed by atoms with E-state index in [1.807, 2.05) is 19.6 Å². The van der Waals surface area contributed by atoms with E-state index in [0.29, 0.717) is 6.73 Å². The van der Waals surface area contributed by atoms with Crippen molar-refractivity contribution in [2.45, 2.75) is 32.2 Å². The molecule has 1 aliphatic heterocycles. The summed E-state index contributed by atoms with van der Waals surface area (Å²) in [4.78, 5) is 6.48.